The van der Waals surface area contributed by atoms with Gasteiger partial charge in [-0.1, -0.05) is 0 Å². The van der Waals surface area contributed by atoms with Crippen LogP contribution in [0.3, 0.4) is 0 Å². The maximum absolute atomic E-state index is 10.9. The zero-order valence-electron chi connectivity index (χ0n) is 10.9. The van der Waals surface area contributed by atoms with Crippen LogP contribution < -0.4 is 0 Å². The van der Waals surface area contributed by atoms with E-state index in [1.54, 1.807) is 0 Å². The summed E-state index contributed by atoms with van der Waals surface area (Å²) in [6.07, 6.45) is 1.25. The molecular formula is C11H23N3O2. The van der Waals surface area contributed by atoms with Crippen molar-refractivity contribution in [3.63, 3.8) is 0 Å². The van der Waals surface area contributed by atoms with Crippen molar-refractivity contribution in [2.45, 2.75) is 31.6 Å². The summed E-state index contributed by atoms with van der Waals surface area (Å²) in [6.45, 7) is 2.96. The lowest BCUT2D eigenvalue weighted by atomic mass is 9.89. The van der Waals surface area contributed by atoms with E-state index >= 15 is 0 Å². The van der Waals surface area contributed by atoms with E-state index in [2.05, 4.69) is 21.7 Å². The molecule has 0 spiro atoms. The first-order valence-electron chi connectivity index (χ1n) is 5.59. The van der Waals surface area contributed by atoms with Gasteiger partial charge in [-0.05, 0) is 41.5 Å². The molecular weight excluding hydrogens is 206 g/mol. The molecule has 1 aliphatic heterocycles. The standard InChI is InChI=1S/C11H23N3O2/c1-11(8-9(15)16)6-7-13(4)10(12(2)3)14(11)5/h10H,6-8H2,1-5H3,(H,15,16). The fraction of sp³-hybridized carbons (Fsp3) is 0.909. The summed E-state index contributed by atoms with van der Waals surface area (Å²) in [7, 11) is 8.11. The van der Waals surface area contributed by atoms with Gasteiger partial charge in [-0.3, -0.25) is 19.5 Å². The summed E-state index contributed by atoms with van der Waals surface area (Å²) >= 11 is 0. The fourth-order valence-corrected chi connectivity index (χ4v) is 2.56. The highest BCUT2D eigenvalue weighted by Gasteiger charge is 2.42. The van der Waals surface area contributed by atoms with Crippen LogP contribution in [-0.4, -0.2) is 72.3 Å². The molecule has 0 aliphatic carbocycles. The molecule has 5 heteroatoms. The third-order valence-electron chi connectivity index (χ3n) is 3.59. The second-order valence-electron chi connectivity index (χ2n) is 5.22. The number of hydrogen-bond donors (Lipinski definition) is 1. The minimum Gasteiger partial charge on any atom is -0.481 e. The summed E-state index contributed by atoms with van der Waals surface area (Å²) in [4.78, 5) is 17.4. The van der Waals surface area contributed by atoms with E-state index in [1.165, 1.54) is 0 Å². The average molecular weight is 229 g/mol. The molecule has 0 amide bonds. The van der Waals surface area contributed by atoms with Crippen molar-refractivity contribution in [3.8, 4) is 0 Å². The van der Waals surface area contributed by atoms with Crippen molar-refractivity contribution in [3.05, 3.63) is 0 Å². The highest BCUT2D eigenvalue weighted by Crippen LogP contribution is 2.30. The molecule has 0 aromatic carbocycles. The largest absolute Gasteiger partial charge is 0.481 e. The smallest absolute Gasteiger partial charge is 0.305 e. The van der Waals surface area contributed by atoms with E-state index in [1.807, 2.05) is 28.1 Å². The number of aliphatic carboxylic acids is 1. The number of carboxylic acid groups (broad SMARTS) is 1. The Morgan fingerprint density at radius 2 is 2.06 bits per heavy atom. The Morgan fingerprint density at radius 3 is 2.50 bits per heavy atom. The minimum atomic E-state index is -0.726. The van der Waals surface area contributed by atoms with Crippen molar-refractivity contribution in [1.29, 1.82) is 0 Å². The van der Waals surface area contributed by atoms with E-state index in [-0.39, 0.29) is 18.2 Å². The van der Waals surface area contributed by atoms with Crippen molar-refractivity contribution < 1.29 is 9.90 Å². The molecule has 16 heavy (non-hydrogen) atoms. The van der Waals surface area contributed by atoms with Gasteiger partial charge in [-0.15, -0.1) is 0 Å². The quantitative estimate of drug-likeness (QED) is 0.756. The van der Waals surface area contributed by atoms with Crippen molar-refractivity contribution in [2.75, 3.05) is 34.7 Å². The molecule has 5 nitrogen and oxygen atoms in total. The maximum atomic E-state index is 10.9. The SMILES string of the molecule is CN(C)C1N(C)CCC(C)(CC(=O)O)N1C. The highest BCUT2D eigenvalue weighted by atomic mass is 16.4. The van der Waals surface area contributed by atoms with Gasteiger partial charge >= 0.3 is 5.97 Å². The molecule has 0 radical (unpaired) electrons. The van der Waals surface area contributed by atoms with Crippen LogP contribution in [0.5, 0.6) is 0 Å². The Balaban J connectivity index is 2.86. The Morgan fingerprint density at radius 1 is 1.50 bits per heavy atom. The monoisotopic (exact) mass is 229 g/mol. The topological polar surface area (TPSA) is 47.0 Å². The Bertz CT molecular complexity index is 270. The summed E-state index contributed by atoms with van der Waals surface area (Å²) < 4.78 is 0. The Kier molecular flexibility index (Phi) is 3.93. The molecule has 1 saturated heterocycles. The summed E-state index contributed by atoms with van der Waals surface area (Å²) in [5.74, 6) is -0.726. The fourth-order valence-electron chi connectivity index (χ4n) is 2.56. The molecule has 1 fully saturated rings. The van der Waals surface area contributed by atoms with E-state index in [0.717, 1.165) is 13.0 Å². The first-order chi connectivity index (χ1) is 7.28. The molecule has 0 aromatic rings. The number of rotatable bonds is 3. The van der Waals surface area contributed by atoms with Crippen molar-refractivity contribution in [2.24, 2.45) is 0 Å². The van der Waals surface area contributed by atoms with Crippen LogP contribution in [0.4, 0.5) is 0 Å². The molecule has 2 atom stereocenters. The van der Waals surface area contributed by atoms with Crippen molar-refractivity contribution >= 4 is 5.97 Å². The minimum absolute atomic E-state index is 0.165. The predicted molar refractivity (Wildman–Crippen MR) is 63.1 cm³/mol. The maximum Gasteiger partial charge on any atom is 0.305 e. The molecule has 1 N–H and O–H groups in total. The summed E-state index contributed by atoms with van der Waals surface area (Å²) in [6, 6.07) is 0. The Hall–Kier alpha value is -0.650. The van der Waals surface area contributed by atoms with E-state index < -0.39 is 5.97 Å². The van der Waals surface area contributed by atoms with Gasteiger partial charge in [0, 0.05) is 12.1 Å². The molecule has 94 valence electrons. The van der Waals surface area contributed by atoms with Gasteiger partial charge in [-0.2, -0.15) is 0 Å². The van der Waals surface area contributed by atoms with Gasteiger partial charge in [0.05, 0.1) is 6.42 Å². The number of hydrogen-bond acceptors (Lipinski definition) is 4. The number of carbonyl (C=O) groups is 1. The predicted octanol–water partition coefficient (Wildman–Crippen LogP) is 0.332. The molecule has 2 unspecified atom stereocenters. The average Bonchev–Trinajstić information content (AvgIpc) is 2.11. The second kappa shape index (κ2) is 4.69. The molecule has 1 aliphatic rings. The van der Waals surface area contributed by atoms with Crippen LogP contribution in [0.25, 0.3) is 0 Å². The second-order valence-corrected chi connectivity index (χ2v) is 5.22. The Labute approximate surface area is 97.6 Å². The van der Waals surface area contributed by atoms with Gasteiger partial charge in [0.15, 0.2) is 0 Å². The van der Waals surface area contributed by atoms with E-state index in [9.17, 15) is 4.79 Å². The summed E-state index contributed by atoms with van der Waals surface area (Å²) in [5.41, 5.74) is -0.257. The van der Waals surface area contributed by atoms with Gasteiger partial charge < -0.3 is 5.11 Å². The zero-order valence-corrected chi connectivity index (χ0v) is 10.9. The highest BCUT2D eigenvalue weighted by molar-refractivity contribution is 5.68. The van der Waals surface area contributed by atoms with E-state index in [4.69, 9.17) is 5.11 Å². The van der Waals surface area contributed by atoms with Crippen LogP contribution in [0, 0.1) is 0 Å². The van der Waals surface area contributed by atoms with E-state index in [0.29, 0.717) is 0 Å². The zero-order chi connectivity index (χ0) is 12.5. The van der Waals surface area contributed by atoms with Crippen LogP contribution >= 0.6 is 0 Å². The first kappa shape index (κ1) is 13.4. The summed E-state index contributed by atoms with van der Waals surface area (Å²) in [5, 5.41) is 8.99. The third-order valence-corrected chi connectivity index (χ3v) is 3.59. The molecule has 1 heterocycles. The van der Waals surface area contributed by atoms with Crippen LogP contribution in [0.2, 0.25) is 0 Å². The normalized spacial score (nSPS) is 33.2. The molecule has 0 saturated carbocycles. The number of carboxylic acids is 1. The number of nitrogens with zero attached hydrogens (tertiary/aromatic N) is 3. The lowest BCUT2D eigenvalue weighted by Gasteiger charge is -2.53. The van der Waals surface area contributed by atoms with Crippen molar-refractivity contribution in [1.82, 2.24) is 14.7 Å². The van der Waals surface area contributed by atoms with Gasteiger partial charge in [0.25, 0.3) is 0 Å². The van der Waals surface area contributed by atoms with Gasteiger partial charge in [0.2, 0.25) is 0 Å². The van der Waals surface area contributed by atoms with Gasteiger partial charge in [0.1, 0.15) is 6.29 Å². The molecule has 0 bridgehead atoms. The third kappa shape index (κ3) is 2.53. The van der Waals surface area contributed by atoms with Crippen LogP contribution in [0.15, 0.2) is 0 Å². The van der Waals surface area contributed by atoms with Gasteiger partial charge in [-0.25, -0.2) is 0 Å². The van der Waals surface area contributed by atoms with Crippen LogP contribution in [-0.2, 0) is 4.79 Å². The lowest BCUT2D eigenvalue weighted by Crippen LogP contribution is -2.65. The molecule has 1 rings (SSSR count). The lowest BCUT2D eigenvalue weighted by molar-refractivity contribution is -0.150. The molecule has 0 aromatic heterocycles. The van der Waals surface area contributed by atoms with Crippen LogP contribution in [0.1, 0.15) is 19.8 Å². The first-order valence-corrected chi connectivity index (χ1v) is 5.59.